The van der Waals surface area contributed by atoms with E-state index in [1.54, 1.807) is 30.1 Å². The van der Waals surface area contributed by atoms with Crippen LogP contribution < -0.4 is 10.6 Å². The Kier molecular flexibility index (Phi) is 6.40. The predicted octanol–water partition coefficient (Wildman–Crippen LogP) is 4.03. The van der Waals surface area contributed by atoms with Crippen molar-refractivity contribution < 1.29 is 13.7 Å². The van der Waals surface area contributed by atoms with Gasteiger partial charge in [-0.2, -0.15) is 15.1 Å². The minimum Gasteiger partial charge on any atom is -0.341 e. The summed E-state index contributed by atoms with van der Waals surface area (Å²) in [5, 5.41) is 14.1. The summed E-state index contributed by atoms with van der Waals surface area (Å²) in [6.07, 6.45) is 6.31. The molecule has 0 fully saturated rings. The number of benzene rings is 1. The highest BCUT2D eigenvalue weighted by molar-refractivity contribution is 5.89. The van der Waals surface area contributed by atoms with E-state index in [1.807, 2.05) is 20.8 Å². The van der Waals surface area contributed by atoms with Crippen molar-refractivity contribution in [1.29, 1.82) is 0 Å². The third-order valence-electron chi connectivity index (χ3n) is 6.16. The Morgan fingerprint density at radius 3 is 2.76 bits per heavy atom. The van der Waals surface area contributed by atoms with Gasteiger partial charge >= 0.3 is 11.8 Å². The molecule has 3 aromatic heterocycles. The first-order chi connectivity index (χ1) is 17.7. The molecule has 1 aromatic carbocycles. The lowest BCUT2D eigenvalue weighted by Gasteiger charge is -2.19. The van der Waals surface area contributed by atoms with Gasteiger partial charge in [-0.25, -0.2) is 14.4 Å². The zero-order valence-electron chi connectivity index (χ0n) is 21.1. The fraction of sp³-hybridized carbons (Fsp3) is 0.400. The molecule has 11 nitrogen and oxygen atoms in total. The normalized spacial score (nSPS) is 15.6. The first-order valence-electron chi connectivity index (χ1n) is 12.1. The first kappa shape index (κ1) is 24.5. The average Bonchev–Trinajstić information content (AvgIpc) is 3.47. The van der Waals surface area contributed by atoms with Gasteiger partial charge in [0.05, 0.1) is 11.6 Å². The van der Waals surface area contributed by atoms with Crippen LogP contribution >= 0.6 is 0 Å². The van der Waals surface area contributed by atoms with Gasteiger partial charge in [0, 0.05) is 24.7 Å². The van der Waals surface area contributed by atoms with Crippen molar-refractivity contribution in [3.05, 3.63) is 59.4 Å². The number of carbonyl (C=O) groups is 1. The zero-order valence-corrected chi connectivity index (χ0v) is 21.1. The average molecular weight is 506 g/mol. The van der Waals surface area contributed by atoms with Gasteiger partial charge < -0.3 is 15.2 Å². The molecule has 1 aliphatic rings. The molecule has 0 unspecified atom stereocenters. The van der Waals surface area contributed by atoms with Crippen LogP contribution in [0.3, 0.4) is 0 Å². The molecule has 3 heterocycles. The summed E-state index contributed by atoms with van der Waals surface area (Å²) in [6.45, 7) is 5.81. The van der Waals surface area contributed by atoms with E-state index >= 15 is 4.39 Å². The van der Waals surface area contributed by atoms with Gasteiger partial charge in [0.1, 0.15) is 12.1 Å². The number of hydrogen-bond acceptors (Lipinski definition) is 9. The highest BCUT2D eigenvalue weighted by atomic mass is 19.1. The third kappa shape index (κ3) is 5.32. The lowest BCUT2D eigenvalue weighted by Crippen LogP contribution is -2.29. The highest BCUT2D eigenvalue weighted by Crippen LogP contribution is 2.33. The number of fused-ring (bicyclic) bond motifs is 1. The summed E-state index contributed by atoms with van der Waals surface area (Å²) in [4.78, 5) is 29.8. The Morgan fingerprint density at radius 2 is 2.03 bits per heavy atom. The highest BCUT2D eigenvalue weighted by Gasteiger charge is 2.28. The number of aryl methyl sites for hydroxylation is 2. The lowest BCUT2D eigenvalue weighted by molar-refractivity contribution is 0.0890. The van der Waals surface area contributed by atoms with E-state index in [4.69, 9.17) is 4.52 Å². The standard InChI is InChI=1S/C25H28FN9O2/c1-25(2,3)23-32-22(37-34-23)21(36)29-18-8-6-5-7-14-11-16(17(26)12-15(14)18)20-27-13-28-24(31-20)30-19-9-10-35(4)33-19/h9-13,18H,5-8H2,1-4H3,(H,29,36)(H,27,28,30,31,33)/t18-/m1/s1. The van der Waals surface area contributed by atoms with Crippen molar-refractivity contribution in [2.24, 2.45) is 7.05 Å². The molecular formula is C25H28FN9O2. The van der Waals surface area contributed by atoms with Crippen LogP contribution in [0.2, 0.25) is 0 Å². The van der Waals surface area contributed by atoms with Crippen LogP contribution in [-0.2, 0) is 18.9 Å². The molecule has 5 rings (SSSR count). The van der Waals surface area contributed by atoms with Gasteiger partial charge in [-0.3, -0.25) is 9.48 Å². The molecule has 0 spiro atoms. The monoisotopic (exact) mass is 505 g/mol. The largest absolute Gasteiger partial charge is 0.341 e. The maximum atomic E-state index is 15.4. The molecule has 1 aliphatic carbocycles. The van der Waals surface area contributed by atoms with Gasteiger partial charge in [-0.1, -0.05) is 32.3 Å². The number of hydrogen-bond donors (Lipinski definition) is 2. The summed E-state index contributed by atoms with van der Waals surface area (Å²) in [5.41, 5.74) is 1.57. The van der Waals surface area contributed by atoms with Crippen molar-refractivity contribution in [2.75, 3.05) is 5.32 Å². The van der Waals surface area contributed by atoms with Gasteiger partial charge in [0.2, 0.25) is 5.95 Å². The second-order valence-electron chi connectivity index (χ2n) is 10.1. The van der Waals surface area contributed by atoms with E-state index in [9.17, 15) is 4.79 Å². The predicted molar refractivity (Wildman–Crippen MR) is 132 cm³/mol. The maximum absolute atomic E-state index is 15.4. The minimum absolute atomic E-state index is 0.106. The molecule has 1 atom stereocenters. The zero-order chi connectivity index (χ0) is 26.2. The lowest BCUT2D eigenvalue weighted by atomic mass is 9.95. The number of anilines is 2. The summed E-state index contributed by atoms with van der Waals surface area (Å²) in [5.74, 6) is 0.415. The number of halogens is 1. The van der Waals surface area contributed by atoms with E-state index < -0.39 is 17.8 Å². The van der Waals surface area contributed by atoms with Crippen molar-refractivity contribution in [2.45, 2.75) is 57.9 Å². The van der Waals surface area contributed by atoms with Gasteiger partial charge in [0.25, 0.3) is 0 Å². The van der Waals surface area contributed by atoms with Crippen LogP contribution in [0.4, 0.5) is 16.2 Å². The first-order valence-corrected chi connectivity index (χ1v) is 12.1. The summed E-state index contributed by atoms with van der Waals surface area (Å²) in [6, 6.07) is 4.61. The Morgan fingerprint density at radius 1 is 1.19 bits per heavy atom. The Balaban J connectivity index is 1.40. The molecular weight excluding hydrogens is 477 g/mol. The van der Waals surface area contributed by atoms with Crippen molar-refractivity contribution in [1.82, 2.24) is 40.2 Å². The molecule has 0 radical (unpaired) electrons. The molecule has 1 amide bonds. The molecule has 0 aliphatic heterocycles. The minimum atomic E-state index is -0.484. The smallest absolute Gasteiger partial charge is 0.315 e. The molecule has 0 saturated carbocycles. The van der Waals surface area contributed by atoms with Crippen LogP contribution in [-0.4, -0.2) is 40.8 Å². The number of rotatable bonds is 5. The SMILES string of the molecule is Cn1ccc(Nc2ncnc(-c3cc4c(cc3F)[C@H](NC(=O)c3nc(C(C)(C)C)no3)CCCC4)n2)n1. The third-order valence-corrected chi connectivity index (χ3v) is 6.16. The van der Waals surface area contributed by atoms with Gasteiger partial charge in [-0.15, -0.1) is 0 Å². The quantitative estimate of drug-likeness (QED) is 0.385. The Bertz CT molecular complexity index is 1440. The molecule has 2 N–H and O–H groups in total. The number of nitrogens with one attached hydrogen (secondary N) is 2. The van der Waals surface area contributed by atoms with Crippen LogP contribution in [0.1, 0.15) is 73.7 Å². The van der Waals surface area contributed by atoms with E-state index in [1.165, 1.54) is 12.4 Å². The molecule has 37 heavy (non-hydrogen) atoms. The molecule has 4 aromatic rings. The molecule has 12 heteroatoms. The van der Waals surface area contributed by atoms with E-state index in [-0.39, 0.29) is 28.6 Å². The number of nitrogens with zero attached hydrogens (tertiary/aromatic N) is 7. The fourth-order valence-corrected chi connectivity index (χ4v) is 4.24. The van der Waals surface area contributed by atoms with Crippen LogP contribution in [0.5, 0.6) is 0 Å². The van der Waals surface area contributed by atoms with Crippen molar-refractivity contribution in [3.63, 3.8) is 0 Å². The molecule has 0 saturated heterocycles. The fourth-order valence-electron chi connectivity index (χ4n) is 4.24. The van der Waals surface area contributed by atoms with Gasteiger partial charge in [-0.05, 0) is 42.5 Å². The maximum Gasteiger partial charge on any atom is 0.315 e. The number of carbonyl (C=O) groups excluding carboxylic acids is 1. The molecule has 0 bridgehead atoms. The molecule has 192 valence electrons. The van der Waals surface area contributed by atoms with Crippen molar-refractivity contribution >= 4 is 17.7 Å². The van der Waals surface area contributed by atoms with Crippen LogP contribution in [0.15, 0.2) is 35.2 Å². The number of amides is 1. The summed E-state index contributed by atoms with van der Waals surface area (Å²) >= 11 is 0. The summed E-state index contributed by atoms with van der Waals surface area (Å²) < 4.78 is 22.3. The Labute approximate surface area is 212 Å². The topological polar surface area (TPSA) is 137 Å². The number of aromatic nitrogens is 7. The van der Waals surface area contributed by atoms with Crippen molar-refractivity contribution in [3.8, 4) is 11.4 Å². The van der Waals surface area contributed by atoms with Gasteiger partial charge in [0.15, 0.2) is 17.5 Å². The second kappa shape index (κ2) is 9.68. The van der Waals surface area contributed by atoms with Crippen LogP contribution in [0, 0.1) is 5.82 Å². The van der Waals surface area contributed by atoms with E-state index in [2.05, 4.69) is 40.8 Å². The van der Waals surface area contributed by atoms with Crippen LogP contribution in [0.25, 0.3) is 11.4 Å². The van der Waals surface area contributed by atoms with E-state index in [0.717, 1.165) is 30.4 Å². The van der Waals surface area contributed by atoms with E-state index in [0.29, 0.717) is 18.1 Å². The summed E-state index contributed by atoms with van der Waals surface area (Å²) in [7, 11) is 1.80. The second-order valence-corrected chi connectivity index (χ2v) is 10.1. The Hall–Kier alpha value is -4.22.